The summed E-state index contributed by atoms with van der Waals surface area (Å²) in [6.45, 7) is 0.125. The van der Waals surface area contributed by atoms with Crippen LogP contribution in [-0.2, 0) is 4.79 Å². The molecule has 0 bridgehead atoms. The Morgan fingerprint density at radius 2 is 1.96 bits per heavy atom. The van der Waals surface area contributed by atoms with Gasteiger partial charge in [-0.3, -0.25) is 4.79 Å². The van der Waals surface area contributed by atoms with Crippen LogP contribution < -0.4 is 20.2 Å². The average Bonchev–Trinajstić information content (AvgIpc) is 2.60. The summed E-state index contributed by atoms with van der Waals surface area (Å²) in [6, 6.07) is 12.9. The number of methoxy groups -OCH3 is 2. The Labute approximate surface area is 149 Å². The first-order valence-corrected chi connectivity index (χ1v) is 7.95. The summed E-state index contributed by atoms with van der Waals surface area (Å²) >= 11 is 3.38. The van der Waals surface area contributed by atoms with E-state index in [9.17, 15) is 4.79 Å². The van der Waals surface area contributed by atoms with Gasteiger partial charge in [-0.1, -0.05) is 22.0 Å². The van der Waals surface area contributed by atoms with Gasteiger partial charge in [0.25, 0.3) is 5.91 Å². The van der Waals surface area contributed by atoms with Crippen molar-refractivity contribution < 1.29 is 14.3 Å². The molecule has 2 N–H and O–H groups in total. The first kappa shape index (κ1) is 17.8. The quantitative estimate of drug-likeness (QED) is 0.561. The maximum Gasteiger partial charge on any atom is 0.259 e. The molecule has 0 fully saturated rings. The molecule has 0 radical (unpaired) electrons. The molecule has 7 heteroatoms. The number of hydrazone groups is 1. The maximum atomic E-state index is 11.8. The van der Waals surface area contributed by atoms with Crippen molar-refractivity contribution in [2.24, 2.45) is 5.10 Å². The zero-order valence-electron chi connectivity index (χ0n) is 13.4. The number of nitrogens with one attached hydrogen (secondary N) is 2. The van der Waals surface area contributed by atoms with Gasteiger partial charge in [0.05, 0.1) is 27.0 Å². The average molecular weight is 392 g/mol. The number of benzene rings is 2. The maximum absolute atomic E-state index is 11.8. The minimum Gasteiger partial charge on any atom is -0.493 e. The number of carbonyl (C=O) groups is 1. The van der Waals surface area contributed by atoms with Gasteiger partial charge in [0.2, 0.25) is 0 Å². The Morgan fingerprint density at radius 1 is 1.17 bits per heavy atom. The van der Waals surface area contributed by atoms with Crippen LogP contribution in [0.1, 0.15) is 5.56 Å². The molecule has 6 nitrogen and oxygen atoms in total. The lowest BCUT2D eigenvalue weighted by molar-refractivity contribution is -0.119. The van der Waals surface area contributed by atoms with Crippen LogP contribution in [0.25, 0.3) is 0 Å². The summed E-state index contributed by atoms with van der Waals surface area (Å²) in [4.78, 5) is 11.8. The number of ether oxygens (including phenoxy) is 2. The molecule has 0 heterocycles. The van der Waals surface area contributed by atoms with Gasteiger partial charge in [-0.25, -0.2) is 5.43 Å². The van der Waals surface area contributed by atoms with E-state index in [4.69, 9.17) is 9.47 Å². The number of hydrogen-bond donors (Lipinski definition) is 2. The van der Waals surface area contributed by atoms with E-state index in [-0.39, 0.29) is 12.5 Å². The number of carbonyl (C=O) groups excluding carboxylic acids is 1. The topological polar surface area (TPSA) is 72.0 Å². The normalized spacial score (nSPS) is 10.5. The molecule has 1 amide bonds. The second-order valence-electron chi connectivity index (χ2n) is 4.77. The number of rotatable bonds is 7. The van der Waals surface area contributed by atoms with Crippen molar-refractivity contribution >= 4 is 33.7 Å². The van der Waals surface area contributed by atoms with Crippen molar-refractivity contribution in [3.8, 4) is 11.5 Å². The van der Waals surface area contributed by atoms with Gasteiger partial charge < -0.3 is 14.8 Å². The van der Waals surface area contributed by atoms with Crippen LogP contribution in [0.4, 0.5) is 5.69 Å². The van der Waals surface area contributed by atoms with Gasteiger partial charge in [-0.2, -0.15) is 5.10 Å². The van der Waals surface area contributed by atoms with Crippen molar-refractivity contribution in [3.05, 3.63) is 52.5 Å². The molecule has 2 aromatic rings. The molecule has 126 valence electrons. The highest BCUT2D eigenvalue weighted by molar-refractivity contribution is 9.10. The van der Waals surface area contributed by atoms with Crippen LogP contribution in [0, 0.1) is 0 Å². The van der Waals surface area contributed by atoms with Crippen molar-refractivity contribution in [2.75, 3.05) is 26.1 Å². The van der Waals surface area contributed by atoms with Gasteiger partial charge in [0.15, 0.2) is 11.5 Å². The van der Waals surface area contributed by atoms with Crippen molar-refractivity contribution in [1.29, 1.82) is 0 Å². The summed E-state index contributed by atoms with van der Waals surface area (Å²) in [5.41, 5.74) is 4.10. The predicted octanol–water partition coefficient (Wildman–Crippen LogP) is 3.03. The van der Waals surface area contributed by atoms with Crippen LogP contribution in [0.15, 0.2) is 52.0 Å². The minimum atomic E-state index is -0.244. The first-order chi connectivity index (χ1) is 11.6. The van der Waals surface area contributed by atoms with Gasteiger partial charge in [-0.05, 0) is 42.0 Å². The van der Waals surface area contributed by atoms with E-state index in [1.165, 1.54) is 0 Å². The first-order valence-electron chi connectivity index (χ1n) is 7.15. The fraction of sp³-hybridized carbons (Fsp3) is 0.176. The molecule has 0 saturated heterocycles. The van der Waals surface area contributed by atoms with Crippen LogP contribution in [0.3, 0.4) is 0 Å². The van der Waals surface area contributed by atoms with E-state index >= 15 is 0 Å². The smallest absolute Gasteiger partial charge is 0.259 e. The third-order valence-electron chi connectivity index (χ3n) is 3.09. The fourth-order valence-electron chi connectivity index (χ4n) is 1.93. The van der Waals surface area contributed by atoms with Gasteiger partial charge in [-0.15, -0.1) is 0 Å². The molecule has 0 aromatic heterocycles. The fourth-order valence-corrected chi connectivity index (χ4v) is 2.33. The van der Waals surface area contributed by atoms with Gasteiger partial charge >= 0.3 is 0 Å². The van der Waals surface area contributed by atoms with Gasteiger partial charge in [0.1, 0.15) is 0 Å². The standard InChI is InChI=1S/C17H18BrN3O3/c1-23-15-7-6-12(8-16(15)24-2)10-20-21-17(22)11-19-14-5-3-4-13(18)9-14/h3-10,19H,11H2,1-2H3,(H,21,22)/b20-10+. The summed E-state index contributed by atoms with van der Waals surface area (Å²) in [7, 11) is 3.14. The molecule has 24 heavy (non-hydrogen) atoms. The van der Waals surface area contributed by atoms with E-state index in [1.54, 1.807) is 32.6 Å². The van der Waals surface area contributed by atoms with E-state index in [0.717, 1.165) is 15.7 Å². The van der Waals surface area contributed by atoms with E-state index < -0.39 is 0 Å². The number of anilines is 1. The molecule has 0 atom stereocenters. The zero-order chi connectivity index (χ0) is 17.4. The molecular formula is C17H18BrN3O3. The van der Waals surface area contributed by atoms with Crippen molar-refractivity contribution in [1.82, 2.24) is 5.43 Å². The second-order valence-corrected chi connectivity index (χ2v) is 5.69. The largest absolute Gasteiger partial charge is 0.493 e. The Kier molecular flexibility index (Phi) is 6.62. The van der Waals surface area contributed by atoms with Gasteiger partial charge in [0, 0.05) is 10.2 Å². The molecular weight excluding hydrogens is 374 g/mol. The number of hydrogen-bond acceptors (Lipinski definition) is 5. The molecule has 0 spiro atoms. The Hall–Kier alpha value is -2.54. The van der Waals surface area contributed by atoms with Crippen LogP contribution in [-0.4, -0.2) is 32.9 Å². The summed E-state index contributed by atoms with van der Waals surface area (Å²) < 4.78 is 11.3. The monoisotopic (exact) mass is 391 g/mol. The van der Waals surface area contributed by atoms with E-state index in [1.807, 2.05) is 30.3 Å². The summed E-state index contributed by atoms with van der Waals surface area (Å²) in [5.74, 6) is 0.993. The van der Waals surface area contributed by atoms with Crippen molar-refractivity contribution in [2.45, 2.75) is 0 Å². The van der Waals surface area contributed by atoms with Crippen LogP contribution in [0.5, 0.6) is 11.5 Å². The third kappa shape index (κ3) is 5.27. The number of halogens is 1. The highest BCUT2D eigenvalue weighted by atomic mass is 79.9. The third-order valence-corrected chi connectivity index (χ3v) is 3.58. The Bertz CT molecular complexity index is 735. The Morgan fingerprint density at radius 3 is 2.67 bits per heavy atom. The van der Waals surface area contributed by atoms with Crippen molar-refractivity contribution in [3.63, 3.8) is 0 Å². The molecule has 2 rings (SSSR count). The lowest BCUT2D eigenvalue weighted by Crippen LogP contribution is -2.25. The van der Waals surface area contributed by atoms with Crippen LogP contribution >= 0.6 is 15.9 Å². The van der Waals surface area contributed by atoms with E-state index in [0.29, 0.717) is 11.5 Å². The predicted molar refractivity (Wildman–Crippen MR) is 97.9 cm³/mol. The summed E-state index contributed by atoms with van der Waals surface area (Å²) in [5, 5.41) is 6.95. The lowest BCUT2D eigenvalue weighted by Gasteiger charge is -2.07. The molecule has 2 aromatic carbocycles. The minimum absolute atomic E-state index is 0.125. The second kappa shape index (κ2) is 8.93. The van der Waals surface area contributed by atoms with Crippen LogP contribution in [0.2, 0.25) is 0 Å². The molecule has 0 aliphatic heterocycles. The molecule has 0 unspecified atom stereocenters. The highest BCUT2D eigenvalue weighted by Gasteiger charge is 2.03. The zero-order valence-corrected chi connectivity index (χ0v) is 15.0. The lowest BCUT2D eigenvalue weighted by atomic mass is 10.2. The Balaban J connectivity index is 1.86. The SMILES string of the molecule is COc1ccc(/C=N/NC(=O)CNc2cccc(Br)c2)cc1OC. The molecule has 0 aliphatic carbocycles. The van der Waals surface area contributed by atoms with E-state index in [2.05, 4.69) is 31.8 Å². The summed E-state index contributed by atoms with van der Waals surface area (Å²) in [6.07, 6.45) is 1.54. The number of amides is 1. The molecule has 0 aliphatic rings. The number of nitrogens with zero attached hydrogens (tertiary/aromatic N) is 1. The highest BCUT2D eigenvalue weighted by Crippen LogP contribution is 2.26. The molecule has 0 saturated carbocycles.